The van der Waals surface area contributed by atoms with Gasteiger partial charge in [0.15, 0.2) is 0 Å². The second kappa shape index (κ2) is 10.2. The molecule has 0 radical (unpaired) electrons. The number of rotatable bonds is 11. The minimum atomic E-state index is 0.524. The van der Waals surface area contributed by atoms with Crippen LogP contribution in [0, 0.1) is 11.3 Å². The molecule has 0 heterocycles. The van der Waals surface area contributed by atoms with Crippen molar-refractivity contribution in [1.82, 2.24) is 0 Å². The summed E-state index contributed by atoms with van der Waals surface area (Å²) < 4.78 is 0. The zero-order valence-electron chi connectivity index (χ0n) is 14.2. The van der Waals surface area contributed by atoms with Gasteiger partial charge in [-0.05, 0) is 56.3 Å². The molecule has 1 rings (SSSR count). The number of hydrogen-bond donors (Lipinski definition) is 0. The van der Waals surface area contributed by atoms with Gasteiger partial charge in [-0.25, -0.2) is 0 Å². The molecule has 1 aliphatic rings. The lowest BCUT2D eigenvalue weighted by atomic mass is 9.89. The van der Waals surface area contributed by atoms with Crippen LogP contribution in [0.1, 0.15) is 91.4 Å². The van der Waals surface area contributed by atoms with Crippen molar-refractivity contribution in [2.75, 3.05) is 0 Å². The first-order valence-corrected chi connectivity index (χ1v) is 8.88. The molecular weight excluding hydrogens is 240 g/mol. The Labute approximate surface area is 127 Å². The maximum absolute atomic E-state index is 2.37. The largest absolute Gasteiger partial charge is 0.0882 e. The highest BCUT2D eigenvalue weighted by molar-refractivity contribution is 4.94. The van der Waals surface area contributed by atoms with E-state index in [2.05, 4.69) is 45.1 Å². The topological polar surface area (TPSA) is 0 Å². The zero-order chi connectivity index (χ0) is 14.7. The fourth-order valence-electron chi connectivity index (χ4n) is 2.48. The molecule has 1 fully saturated rings. The van der Waals surface area contributed by atoms with Crippen molar-refractivity contribution in [3.63, 3.8) is 0 Å². The molecule has 0 aromatic rings. The Kier molecular flexibility index (Phi) is 8.98. The van der Waals surface area contributed by atoms with Gasteiger partial charge in [0.05, 0.1) is 0 Å². The lowest BCUT2D eigenvalue weighted by Gasteiger charge is -2.17. The molecule has 0 aromatic carbocycles. The standard InChI is InChI=1S/C20H36/c1-20(2,3)18-14-12-10-8-6-4-5-7-9-11-13-15-19-16-17-19/h5,7,11,13,19H,4,6,8-10,12,14-18H2,1-3H3/b7-5-,13-11-. The van der Waals surface area contributed by atoms with E-state index in [4.69, 9.17) is 0 Å². The summed E-state index contributed by atoms with van der Waals surface area (Å²) >= 11 is 0. The Morgan fingerprint density at radius 2 is 1.45 bits per heavy atom. The van der Waals surface area contributed by atoms with Crippen LogP contribution in [0.25, 0.3) is 0 Å². The van der Waals surface area contributed by atoms with Gasteiger partial charge >= 0.3 is 0 Å². The Balaban J connectivity index is 1.78. The van der Waals surface area contributed by atoms with E-state index in [1.165, 1.54) is 64.2 Å². The smallest absolute Gasteiger partial charge is 0.0169 e. The first-order valence-electron chi connectivity index (χ1n) is 8.88. The molecule has 0 unspecified atom stereocenters. The van der Waals surface area contributed by atoms with E-state index >= 15 is 0 Å². The molecule has 0 amide bonds. The summed E-state index contributed by atoms with van der Waals surface area (Å²) in [5, 5.41) is 0. The number of hydrogen-bond acceptors (Lipinski definition) is 0. The van der Waals surface area contributed by atoms with Crippen LogP contribution >= 0.6 is 0 Å². The van der Waals surface area contributed by atoms with Crippen molar-refractivity contribution >= 4 is 0 Å². The summed E-state index contributed by atoms with van der Waals surface area (Å²) in [7, 11) is 0. The van der Waals surface area contributed by atoms with Gasteiger partial charge in [-0.2, -0.15) is 0 Å². The van der Waals surface area contributed by atoms with E-state index in [1.54, 1.807) is 0 Å². The van der Waals surface area contributed by atoms with Gasteiger partial charge in [-0.3, -0.25) is 0 Å². The second-order valence-corrected chi connectivity index (χ2v) is 7.72. The van der Waals surface area contributed by atoms with E-state index in [1.807, 2.05) is 0 Å². The summed E-state index contributed by atoms with van der Waals surface area (Å²) in [4.78, 5) is 0. The van der Waals surface area contributed by atoms with Crippen LogP contribution in [0.3, 0.4) is 0 Å². The summed E-state index contributed by atoms with van der Waals surface area (Å²) in [6.45, 7) is 7.03. The van der Waals surface area contributed by atoms with Crippen LogP contribution in [0.5, 0.6) is 0 Å². The lowest BCUT2D eigenvalue weighted by molar-refractivity contribution is 0.356. The van der Waals surface area contributed by atoms with Crippen LogP contribution in [0.2, 0.25) is 0 Å². The molecule has 0 nitrogen and oxygen atoms in total. The van der Waals surface area contributed by atoms with Gasteiger partial charge in [0.2, 0.25) is 0 Å². The molecule has 0 N–H and O–H groups in total. The summed E-state index contributed by atoms with van der Waals surface area (Å²) in [5.74, 6) is 1.04. The zero-order valence-corrected chi connectivity index (χ0v) is 14.2. The third-order valence-electron chi connectivity index (χ3n) is 4.07. The molecule has 20 heavy (non-hydrogen) atoms. The average Bonchev–Trinajstić information content (AvgIpc) is 3.17. The van der Waals surface area contributed by atoms with E-state index < -0.39 is 0 Å². The minimum absolute atomic E-state index is 0.524. The Hall–Kier alpha value is -0.520. The van der Waals surface area contributed by atoms with E-state index in [-0.39, 0.29) is 0 Å². The van der Waals surface area contributed by atoms with Crippen molar-refractivity contribution in [3.8, 4) is 0 Å². The van der Waals surface area contributed by atoms with Crippen molar-refractivity contribution in [3.05, 3.63) is 24.3 Å². The average molecular weight is 277 g/mol. The van der Waals surface area contributed by atoms with Gasteiger partial charge in [-0.15, -0.1) is 0 Å². The minimum Gasteiger partial charge on any atom is -0.0882 e. The van der Waals surface area contributed by atoms with Crippen LogP contribution in [0.4, 0.5) is 0 Å². The molecule has 1 aliphatic carbocycles. The van der Waals surface area contributed by atoms with Gasteiger partial charge < -0.3 is 0 Å². The number of allylic oxidation sites excluding steroid dienone is 4. The molecule has 0 bridgehead atoms. The van der Waals surface area contributed by atoms with Crippen molar-refractivity contribution < 1.29 is 0 Å². The van der Waals surface area contributed by atoms with Gasteiger partial charge in [0, 0.05) is 0 Å². The van der Waals surface area contributed by atoms with Crippen LogP contribution in [-0.2, 0) is 0 Å². The molecule has 0 atom stereocenters. The molecule has 116 valence electrons. The Morgan fingerprint density at radius 3 is 2.15 bits per heavy atom. The molecule has 0 saturated heterocycles. The summed E-state index contributed by atoms with van der Waals surface area (Å²) in [6, 6.07) is 0. The Morgan fingerprint density at radius 1 is 0.800 bits per heavy atom. The van der Waals surface area contributed by atoms with E-state index in [0.29, 0.717) is 5.41 Å². The molecular formula is C20H36. The first kappa shape index (κ1) is 17.5. The predicted molar refractivity (Wildman–Crippen MR) is 92.0 cm³/mol. The van der Waals surface area contributed by atoms with Crippen LogP contribution in [-0.4, -0.2) is 0 Å². The highest BCUT2D eigenvalue weighted by atomic mass is 14.2. The van der Waals surface area contributed by atoms with E-state index in [9.17, 15) is 0 Å². The predicted octanol–water partition coefficient (Wildman–Crippen LogP) is 7.07. The maximum Gasteiger partial charge on any atom is -0.0169 e. The highest BCUT2D eigenvalue weighted by Crippen LogP contribution is 2.32. The quantitative estimate of drug-likeness (QED) is 0.280. The third kappa shape index (κ3) is 12.5. The monoisotopic (exact) mass is 276 g/mol. The fraction of sp³-hybridized carbons (Fsp3) is 0.800. The second-order valence-electron chi connectivity index (χ2n) is 7.72. The molecule has 0 spiro atoms. The normalized spacial score (nSPS) is 16.6. The SMILES string of the molecule is CC(C)(C)CCCCCCC/C=C\C/C=C\CC1CC1. The summed E-state index contributed by atoms with van der Waals surface area (Å²) in [5.41, 5.74) is 0.524. The fourth-order valence-corrected chi connectivity index (χ4v) is 2.48. The number of unbranched alkanes of at least 4 members (excludes halogenated alkanes) is 5. The van der Waals surface area contributed by atoms with Gasteiger partial charge in [0.1, 0.15) is 0 Å². The van der Waals surface area contributed by atoms with Crippen LogP contribution < -0.4 is 0 Å². The lowest BCUT2D eigenvalue weighted by Crippen LogP contribution is -2.03. The molecule has 1 saturated carbocycles. The summed E-state index contributed by atoms with van der Waals surface area (Å²) in [6.07, 6.45) is 24.5. The van der Waals surface area contributed by atoms with Crippen molar-refractivity contribution in [2.24, 2.45) is 11.3 Å². The molecule has 0 aromatic heterocycles. The Bertz CT molecular complexity index is 273. The highest BCUT2D eigenvalue weighted by Gasteiger charge is 2.18. The molecule has 0 aliphatic heterocycles. The molecule has 0 heteroatoms. The van der Waals surface area contributed by atoms with Crippen molar-refractivity contribution in [1.29, 1.82) is 0 Å². The van der Waals surface area contributed by atoms with Gasteiger partial charge in [-0.1, -0.05) is 70.8 Å². The first-order chi connectivity index (χ1) is 9.58. The van der Waals surface area contributed by atoms with Crippen molar-refractivity contribution in [2.45, 2.75) is 91.4 Å². The van der Waals surface area contributed by atoms with Crippen LogP contribution in [0.15, 0.2) is 24.3 Å². The van der Waals surface area contributed by atoms with E-state index in [0.717, 1.165) is 12.3 Å². The van der Waals surface area contributed by atoms with Gasteiger partial charge in [0.25, 0.3) is 0 Å². The maximum atomic E-state index is 2.37. The third-order valence-corrected chi connectivity index (χ3v) is 4.07.